The third-order valence-electron chi connectivity index (χ3n) is 11.2. The van der Waals surface area contributed by atoms with E-state index in [0.717, 1.165) is 11.0 Å². The molecule has 22 N–H and O–H groups in total. The Morgan fingerprint density at radius 3 is 2.11 bits per heavy atom. The topological polar surface area (TPSA) is 474 Å². The highest BCUT2D eigenvalue weighted by Gasteiger charge is 2.41. The molecule has 8 amide bonds. The van der Waals surface area contributed by atoms with Gasteiger partial charge in [0.1, 0.15) is 47.4 Å². The maximum Gasteiger partial charge on any atom is 0.352 e. The molecule has 27 nitrogen and oxygen atoms in total. The summed E-state index contributed by atoms with van der Waals surface area (Å²) in [5, 5.41) is 44.3. The zero-order valence-electron chi connectivity index (χ0n) is 41.0. The van der Waals surface area contributed by atoms with E-state index in [2.05, 4.69) is 42.2 Å². The molecule has 7 atom stereocenters. The highest BCUT2D eigenvalue weighted by atomic mass is 19.1. The van der Waals surface area contributed by atoms with Crippen molar-refractivity contribution in [2.24, 2.45) is 39.4 Å². The Morgan fingerprint density at radius 2 is 1.52 bits per heavy atom. The number of carbonyl (C=O) groups is 9. The number of nitrogens with two attached hydrogens (primary N) is 6. The summed E-state index contributed by atoms with van der Waals surface area (Å²) in [5.41, 5.74) is 33.0. The van der Waals surface area contributed by atoms with E-state index in [9.17, 15) is 57.8 Å². The van der Waals surface area contributed by atoms with E-state index < -0.39 is 120 Å². The van der Waals surface area contributed by atoms with Crippen LogP contribution in [-0.2, 0) is 49.6 Å². The monoisotopic (exact) mass is 1030 g/mol. The Balaban J connectivity index is 2.25. The van der Waals surface area contributed by atoms with E-state index in [-0.39, 0.29) is 88.4 Å². The van der Waals surface area contributed by atoms with Gasteiger partial charge in [0, 0.05) is 26.1 Å². The minimum Gasteiger partial charge on any atom is -0.477 e. The lowest BCUT2D eigenvalue weighted by Gasteiger charge is -2.40. The first-order valence-electron chi connectivity index (χ1n) is 23.9. The first-order valence-corrected chi connectivity index (χ1v) is 23.9. The number of aliphatic hydroxyl groups excluding tert-OH is 1. The number of nitrogens with one attached hydrogen (secondary N) is 8. The number of likely N-dealkylation sites (tertiary alicyclic amines) is 1. The number of aliphatic carboxylic acids is 1. The third kappa shape index (κ3) is 22.1. The molecule has 0 unspecified atom stereocenters. The van der Waals surface area contributed by atoms with Crippen molar-refractivity contribution in [3.05, 3.63) is 47.4 Å². The van der Waals surface area contributed by atoms with Gasteiger partial charge < -0.3 is 86.7 Å². The number of halogens is 1. The molecule has 0 saturated carbocycles. The fourth-order valence-corrected chi connectivity index (χ4v) is 7.04. The summed E-state index contributed by atoms with van der Waals surface area (Å²) in [5.74, 6) is -9.54. The molecule has 73 heavy (non-hydrogen) atoms. The van der Waals surface area contributed by atoms with Crippen LogP contribution in [0, 0.1) is 11.2 Å². The summed E-state index contributed by atoms with van der Waals surface area (Å²) < 4.78 is 14.3. The van der Waals surface area contributed by atoms with Crippen molar-refractivity contribution in [2.75, 3.05) is 45.8 Å². The number of carboxylic acids is 1. The van der Waals surface area contributed by atoms with Crippen LogP contribution in [0.1, 0.15) is 76.7 Å². The smallest absolute Gasteiger partial charge is 0.352 e. The maximum atomic E-state index is 14.3. The number of rotatable bonds is 33. The first kappa shape index (κ1) is 62.1. The van der Waals surface area contributed by atoms with Crippen LogP contribution in [0.3, 0.4) is 0 Å². The zero-order valence-corrected chi connectivity index (χ0v) is 41.0. The van der Waals surface area contributed by atoms with E-state index in [1.807, 2.05) is 0 Å². The number of amides is 8. The van der Waals surface area contributed by atoms with Gasteiger partial charge in [-0.2, -0.15) is 0 Å². The molecule has 1 aliphatic heterocycles. The van der Waals surface area contributed by atoms with Crippen LogP contribution in [0.2, 0.25) is 0 Å². The number of aliphatic hydroxyl groups is 1. The molecule has 0 spiro atoms. The first-order chi connectivity index (χ1) is 34.7. The molecule has 1 saturated heterocycles. The second-order valence-corrected chi connectivity index (χ2v) is 17.1. The molecule has 0 radical (unpaired) electrons. The molecule has 1 fully saturated rings. The van der Waals surface area contributed by atoms with Gasteiger partial charge in [0.25, 0.3) is 11.8 Å². The molecule has 1 heterocycles. The maximum absolute atomic E-state index is 14.3. The third-order valence-corrected chi connectivity index (χ3v) is 11.2. The lowest BCUT2D eigenvalue weighted by Crippen LogP contribution is -2.63. The van der Waals surface area contributed by atoms with E-state index in [1.165, 1.54) is 31.2 Å². The normalized spacial score (nSPS) is 15.9. The van der Waals surface area contributed by atoms with Crippen molar-refractivity contribution in [3.63, 3.8) is 0 Å². The number of carboxylic acid groups (broad SMARTS) is 1. The van der Waals surface area contributed by atoms with Crippen LogP contribution in [0.25, 0.3) is 0 Å². The van der Waals surface area contributed by atoms with Crippen LogP contribution in [0.15, 0.2) is 41.0 Å². The predicted octanol–water partition coefficient (Wildman–Crippen LogP) is -5.39. The summed E-state index contributed by atoms with van der Waals surface area (Å²) in [6.45, 7) is 0.894. The Labute approximate surface area is 421 Å². The van der Waals surface area contributed by atoms with Gasteiger partial charge in [-0.3, -0.25) is 43.8 Å². The SMILES string of the molecule is C[C@H](NC(=O)[C@@H](NC(=O)[C@@H](N)CCCCN)[C@@H](O)CN)C(=O)NCC(=O)/N=C(\CCCN)C(=O)N1CC[C@H]1C(=O)N[C@@H](Cc1cccc(F)c1)C(=O)N[C@@H](CCCCN)C(=O)N/C(=C\CCNC(=N)N)C(=O)O. The molecular weight excluding hydrogens is 960 g/mol. The van der Waals surface area contributed by atoms with Crippen LogP contribution in [0.4, 0.5) is 4.39 Å². The molecule has 1 aromatic carbocycles. The van der Waals surface area contributed by atoms with E-state index in [4.69, 9.17) is 39.8 Å². The molecule has 0 bridgehead atoms. The highest BCUT2D eigenvalue weighted by Crippen LogP contribution is 2.20. The molecule has 406 valence electrons. The second-order valence-electron chi connectivity index (χ2n) is 17.1. The summed E-state index contributed by atoms with van der Waals surface area (Å²) >= 11 is 0. The summed E-state index contributed by atoms with van der Waals surface area (Å²) in [7, 11) is 0. The van der Waals surface area contributed by atoms with Crippen LogP contribution in [0.5, 0.6) is 0 Å². The fourth-order valence-electron chi connectivity index (χ4n) is 7.04. The van der Waals surface area contributed by atoms with Gasteiger partial charge >= 0.3 is 5.97 Å². The van der Waals surface area contributed by atoms with Crippen LogP contribution < -0.4 is 71.6 Å². The minimum absolute atomic E-state index is 0.00369. The van der Waals surface area contributed by atoms with Gasteiger partial charge in [-0.1, -0.05) is 24.6 Å². The Morgan fingerprint density at radius 1 is 0.849 bits per heavy atom. The van der Waals surface area contributed by atoms with Gasteiger partial charge in [0.2, 0.25) is 35.4 Å². The van der Waals surface area contributed by atoms with E-state index in [0.29, 0.717) is 32.2 Å². The van der Waals surface area contributed by atoms with Crippen molar-refractivity contribution in [2.45, 2.75) is 120 Å². The molecule has 1 aliphatic rings. The van der Waals surface area contributed by atoms with Gasteiger partial charge in [-0.25, -0.2) is 14.2 Å². The summed E-state index contributed by atoms with van der Waals surface area (Å²) in [6, 6.07) is -2.76. The van der Waals surface area contributed by atoms with Crippen molar-refractivity contribution < 1.29 is 57.8 Å². The molecule has 0 aromatic heterocycles. The molecule has 1 aromatic rings. The molecule has 2 rings (SSSR count). The Kier molecular flexibility index (Phi) is 28.0. The van der Waals surface area contributed by atoms with Crippen LogP contribution >= 0.6 is 0 Å². The largest absolute Gasteiger partial charge is 0.477 e. The number of aliphatic imine (C=N–C) groups is 1. The number of nitrogens with zero attached hydrogens (tertiary/aromatic N) is 2. The zero-order chi connectivity index (χ0) is 54.6. The highest BCUT2D eigenvalue weighted by molar-refractivity contribution is 6.40. The van der Waals surface area contributed by atoms with E-state index >= 15 is 0 Å². The van der Waals surface area contributed by atoms with Crippen LogP contribution in [-0.4, -0.2) is 168 Å². The number of guanidine groups is 1. The lowest BCUT2D eigenvalue weighted by atomic mass is 9.98. The summed E-state index contributed by atoms with van der Waals surface area (Å²) in [6.07, 6.45) is 1.71. The minimum atomic E-state index is -1.58. The number of unbranched alkanes of at least 4 members (excludes halogenated alkanes) is 2. The van der Waals surface area contributed by atoms with Crippen molar-refractivity contribution in [1.82, 2.24) is 42.1 Å². The van der Waals surface area contributed by atoms with Crippen molar-refractivity contribution in [3.8, 4) is 0 Å². The quantitative estimate of drug-likeness (QED) is 0.0135. The van der Waals surface area contributed by atoms with Gasteiger partial charge in [0.15, 0.2) is 5.96 Å². The van der Waals surface area contributed by atoms with Crippen molar-refractivity contribution in [1.29, 1.82) is 5.41 Å². The second kappa shape index (κ2) is 32.9. The standard InChI is InChI=1S/C45H73FN16O11/c1-25(56-42(70)36(34(63)23-50)61-38(66)28(51)11-2-4-16-47)37(65)55-24-35(64)57-30(13-7-18-49)43(71)62-20-15-33(62)41(69)60-32(22-26-9-6-10-27(46)21-26)40(68)58-29(12-3-5-17-48)39(67)59-31(44(72)73)14-8-19-54-45(52)53/h6,9-10,14,21,25,28-29,32-34,36,63H,2-5,7-8,11-13,15-20,22-24,47-51H2,1H3,(H,55,65)(H,56,70)(H,58,68)(H,59,67)(H,60,69)(H,61,66)(H,72,73)(H4,52,53,54)/b31-14-,57-30+/t25-,28-,29-,32-,33-,34-,36-/m0/s1. The number of carbonyl (C=O) groups excluding carboxylic acids is 8. The van der Waals surface area contributed by atoms with Gasteiger partial charge in [0.05, 0.1) is 18.7 Å². The number of hydrogen-bond donors (Lipinski definition) is 16. The molecular formula is C45H73FN16O11. The van der Waals surface area contributed by atoms with Gasteiger partial charge in [-0.05, 0) is 102 Å². The predicted molar refractivity (Wildman–Crippen MR) is 265 cm³/mol. The van der Waals surface area contributed by atoms with E-state index in [1.54, 1.807) is 0 Å². The number of benzene rings is 1. The molecule has 28 heteroatoms. The number of hydrogen-bond acceptors (Lipinski definition) is 16. The summed E-state index contributed by atoms with van der Waals surface area (Å²) in [4.78, 5) is 124. The fraction of sp³-hybridized carbons (Fsp3) is 0.578. The molecule has 0 aliphatic carbocycles. The van der Waals surface area contributed by atoms with Crippen molar-refractivity contribution >= 4 is 64.9 Å². The average molecular weight is 1030 g/mol. The van der Waals surface area contributed by atoms with Gasteiger partial charge in [-0.15, -0.1) is 0 Å². The Hall–Kier alpha value is -6.98. The average Bonchev–Trinajstić information content (AvgIpc) is 3.32. The lowest BCUT2D eigenvalue weighted by molar-refractivity contribution is -0.144. The Bertz CT molecular complexity index is 2150.